The number of benzene rings is 2. The van der Waals surface area contributed by atoms with E-state index in [1.165, 1.54) is 5.56 Å². The molecule has 0 radical (unpaired) electrons. The zero-order valence-corrected chi connectivity index (χ0v) is 15.6. The van der Waals surface area contributed by atoms with Crippen LogP contribution in [0.15, 0.2) is 36.4 Å². The number of rotatable bonds is 2. The van der Waals surface area contributed by atoms with Crippen molar-refractivity contribution in [1.82, 2.24) is 5.32 Å². The minimum atomic E-state index is -0.208. The van der Waals surface area contributed by atoms with E-state index in [1.807, 2.05) is 51.1 Å². The van der Waals surface area contributed by atoms with Crippen molar-refractivity contribution >= 4 is 51.5 Å². The van der Waals surface area contributed by atoms with E-state index in [4.69, 9.17) is 12.2 Å². The van der Waals surface area contributed by atoms with Crippen molar-refractivity contribution in [3.05, 3.63) is 62.2 Å². The van der Waals surface area contributed by atoms with E-state index in [9.17, 15) is 4.79 Å². The highest BCUT2D eigenvalue weighted by molar-refractivity contribution is 14.1. The monoisotopic (exact) mass is 424 g/mol. The summed E-state index contributed by atoms with van der Waals surface area (Å²) in [5, 5.41) is 6.09. The van der Waals surface area contributed by atoms with Crippen LogP contribution in [0, 0.1) is 24.3 Å². The number of carbonyl (C=O) groups is 1. The van der Waals surface area contributed by atoms with E-state index in [0.717, 1.165) is 20.4 Å². The number of halogens is 1. The lowest BCUT2D eigenvalue weighted by atomic mass is 10.1. The lowest BCUT2D eigenvalue weighted by Crippen LogP contribution is -2.34. The first-order chi connectivity index (χ1) is 10.4. The third-order valence-corrected chi connectivity index (χ3v) is 4.88. The highest BCUT2D eigenvalue weighted by Gasteiger charge is 2.10. The molecule has 1 amide bonds. The van der Waals surface area contributed by atoms with Crippen LogP contribution in [0.5, 0.6) is 0 Å². The van der Waals surface area contributed by atoms with Crippen LogP contribution in [0.1, 0.15) is 27.0 Å². The fourth-order valence-corrected chi connectivity index (χ4v) is 2.67. The molecule has 5 heteroatoms. The molecule has 0 bridgehead atoms. The normalized spacial score (nSPS) is 10.2. The summed E-state index contributed by atoms with van der Waals surface area (Å²) in [5.41, 5.74) is 4.94. The molecule has 0 aromatic heterocycles. The summed E-state index contributed by atoms with van der Waals surface area (Å²) in [5.74, 6) is -0.208. The van der Waals surface area contributed by atoms with Gasteiger partial charge in [-0.3, -0.25) is 10.1 Å². The van der Waals surface area contributed by atoms with Crippen molar-refractivity contribution in [3.8, 4) is 0 Å². The second-order valence-corrected chi connectivity index (χ2v) is 6.69. The van der Waals surface area contributed by atoms with Crippen molar-refractivity contribution in [2.45, 2.75) is 20.8 Å². The van der Waals surface area contributed by atoms with Gasteiger partial charge in [0.2, 0.25) is 0 Å². The fraction of sp³-hybridized carbons (Fsp3) is 0.176. The van der Waals surface area contributed by atoms with Crippen LogP contribution in [0.25, 0.3) is 0 Å². The Balaban J connectivity index is 2.07. The zero-order chi connectivity index (χ0) is 16.3. The van der Waals surface area contributed by atoms with Crippen LogP contribution in [-0.4, -0.2) is 11.0 Å². The molecular formula is C17H17IN2OS. The van der Waals surface area contributed by atoms with E-state index < -0.39 is 0 Å². The molecule has 0 spiro atoms. The molecule has 0 aliphatic carbocycles. The van der Waals surface area contributed by atoms with Gasteiger partial charge in [-0.05, 0) is 90.5 Å². The first-order valence-corrected chi connectivity index (χ1v) is 8.32. The molecule has 0 atom stereocenters. The molecule has 3 nitrogen and oxygen atoms in total. The molecule has 0 fully saturated rings. The molecule has 0 saturated carbocycles. The number of hydrogen-bond donors (Lipinski definition) is 2. The Morgan fingerprint density at radius 3 is 2.50 bits per heavy atom. The SMILES string of the molecule is Cc1ccc(C(=O)NC(=S)Nc2cccc(C)c2C)cc1I. The van der Waals surface area contributed by atoms with E-state index in [0.29, 0.717) is 10.7 Å². The van der Waals surface area contributed by atoms with Gasteiger partial charge in [-0.2, -0.15) is 0 Å². The Hall–Kier alpha value is -1.47. The second-order valence-electron chi connectivity index (χ2n) is 5.12. The summed E-state index contributed by atoms with van der Waals surface area (Å²) in [7, 11) is 0. The van der Waals surface area contributed by atoms with Crippen molar-refractivity contribution in [2.75, 3.05) is 5.32 Å². The average Bonchev–Trinajstić information content (AvgIpc) is 2.46. The van der Waals surface area contributed by atoms with Gasteiger partial charge >= 0.3 is 0 Å². The van der Waals surface area contributed by atoms with Crippen molar-refractivity contribution in [3.63, 3.8) is 0 Å². The summed E-state index contributed by atoms with van der Waals surface area (Å²) in [6, 6.07) is 11.5. The first-order valence-electron chi connectivity index (χ1n) is 6.83. The minimum absolute atomic E-state index is 0.208. The van der Waals surface area contributed by atoms with Gasteiger partial charge in [-0.1, -0.05) is 18.2 Å². The highest BCUT2D eigenvalue weighted by Crippen LogP contribution is 2.18. The van der Waals surface area contributed by atoms with E-state index >= 15 is 0 Å². The number of aryl methyl sites for hydroxylation is 2. The maximum absolute atomic E-state index is 12.2. The van der Waals surface area contributed by atoms with Gasteiger partial charge in [0.25, 0.3) is 5.91 Å². The van der Waals surface area contributed by atoms with Crippen LogP contribution in [0.4, 0.5) is 5.69 Å². The Kier molecular flexibility index (Phi) is 5.52. The van der Waals surface area contributed by atoms with Crippen LogP contribution in [0.3, 0.4) is 0 Å². The standard InChI is InChI=1S/C17H17IN2OS/c1-10-5-4-6-15(12(10)3)19-17(22)20-16(21)13-8-7-11(2)14(18)9-13/h4-9H,1-3H3,(H2,19,20,21,22). The largest absolute Gasteiger partial charge is 0.332 e. The molecule has 114 valence electrons. The van der Waals surface area contributed by atoms with Crippen molar-refractivity contribution in [1.29, 1.82) is 0 Å². The summed E-state index contributed by atoms with van der Waals surface area (Å²) in [6.07, 6.45) is 0. The van der Waals surface area contributed by atoms with Crippen molar-refractivity contribution < 1.29 is 4.79 Å². The number of thiocarbonyl (C=S) groups is 1. The van der Waals surface area contributed by atoms with Crippen LogP contribution >= 0.6 is 34.8 Å². The Morgan fingerprint density at radius 2 is 1.82 bits per heavy atom. The Labute approximate surface area is 149 Å². The number of anilines is 1. The second kappa shape index (κ2) is 7.19. The van der Waals surface area contributed by atoms with E-state index in [1.54, 1.807) is 6.07 Å². The fourth-order valence-electron chi connectivity index (χ4n) is 1.95. The quantitative estimate of drug-likeness (QED) is 0.557. The minimum Gasteiger partial charge on any atom is -0.332 e. The number of nitrogens with one attached hydrogen (secondary N) is 2. The molecular weight excluding hydrogens is 407 g/mol. The molecule has 2 aromatic carbocycles. The molecule has 0 unspecified atom stereocenters. The molecule has 0 aliphatic heterocycles. The molecule has 0 aliphatic rings. The molecule has 22 heavy (non-hydrogen) atoms. The van der Waals surface area contributed by atoms with Crippen molar-refractivity contribution in [2.24, 2.45) is 0 Å². The highest BCUT2D eigenvalue weighted by atomic mass is 127. The smallest absolute Gasteiger partial charge is 0.257 e. The summed E-state index contributed by atoms with van der Waals surface area (Å²) in [4.78, 5) is 12.2. The molecule has 2 N–H and O–H groups in total. The van der Waals surface area contributed by atoms with Gasteiger partial charge < -0.3 is 5.32 Å². The molecule has 0 heterocycles. The average molecular weight is 424 g/mol. The van der Waals surface area contributed by atoms with Crippen LogP contribution < -0.4 is 10.6 Å². The Bertz CT molecular complexity index is 743. The topological polar surface area (TPSA) is 41.1 Å². The third kappa shape index (κ3) is 4.04. The van der Waals surface area contributed by atoms with Crippen LogP contribution in [-0.2, 0) is 0 Å². The third-order valence-electron chi connectivity index (χ3n) is 3.51. The van der Waals surface area contributed by atoms with Gasteiger partial charge in [0.1, 0.15) is 0 Å². The van der Waals surface area contributed by atoms with Gasteiger partial charge in [0.15, 0.2) is 5.11 Å². The lowest BCUT2D eigenvalue weighted by molar-refractivity contribution is 0.0977. The summed E-state index contributed by atoms with van der Waals surface area (Å²) in [6.45, 7) is 6.07. The first kappa shape index (κ1) is 16.9. The van der Waals surface area contributed by atoms with E-state index in [-0.39, 0.29) is 5.91 Å². The Morgan fingerprint density at radius 1 is 1.09 bits per heavy atom. The molecule has 0 saturated heterocycles. The zero-order valence-electron chi connectivity index (χ0n) is 12.7. The van der Waals surface area contributed by atoms with Crippen LogP contribution in [0.2, 0.25) is 0 Å². The van der Waals surface area contributed by atoms with E-state index in [2.05, 4.69) is 33.2 Å². The van der Waals surface area contributed by atoms with Gasteiger partial charge in [0.05, 0.1) is 0 Å². The number of carbonyl (C=O) groups excluding carboxylic acids is 1. The maximum Gasteiger partial charge on any atom is 0.257 e. The summed E-state index contributed by atoms with van der Waals surface area (Å²) >= 11 is 7.44. The predicted octanol–water partition coefficient (Wildman–Crippen LogP) is 4.34. The summed E-state index contributed by atoms with van der Waals surface area (Å²) < 4.78 is 1.05. The van der Waals surface area contributed by atoms with Gasteiger partial charge in [-0.25, -0.2) is 0 Å². The maximum atomic E-state index is 12.2. The lowest BCUT2D eigenvalue weighted by Gasteiger charge is -2.13. The number of amides is 1. The molecule has 2 rings (SSSR count). The molecule has 2 aromatic rings. The van der Waals surface area contributed by atoms with Gasteiger partial charge in [0, 0.05) is 14.8 Å². The predicted molar refractivity (Wildman–Crippen MR) is 103 cm³/mol. The van der Waals surface area contributed by atoms with Gasteiger partial charge in [-0.15, -0.1) is 0 Å². The number of hydrogen-bond acceptors (Lipinski definition) is 2.